The number of aliphatic hydroxyl groups excluding tert-OH is 1. The first-order chi connectivity index (χ1) is 19.5. The van der Waals surface area contributed by atoms with Crippen LogP contribution in [0, 0.1) is 0 Å². The highest BCUT2D eigenvalue weighted by atomic mass is 19.4. The van der Waals surface area contributed by atoms with Gasteiger partial charge in [0, 0.05) is 30.7 Å². The molecule has 0 saturated carbocycles. The summed E-state index contributed by atoms with van der Waals surface area (Å²) in [5, 5.41) is 30.0. The normalized spacial score (nSPS) is 15.0. The molecule has 0 unspecified atom stereocenters. The van der Waals surface area contributed by atoms with E-state index < -0.39 is 29.8 Å². The van der Waals surface area contributed by atoms with Crippen LogP contribution in [0.1, 0.15) is 30.1 Å². The average molecular weight is 580 g/mol. The zero-order valence-corrected chi connectivity index (χ0v) is 22.3. The second-order valence-electron chi connectivity index (χ2n) is 9.28. The molecule has 3 aromatic rings. The summed E-state index contributed by atoms with van der Waals surface area (Å²) in [7, 11) is 1.61. The number of methoxy groups -OCH3 is 1. The molecular formula is C28H32F3N3O7. The highest BCUT2D eigenvalue weighted by Crippen LogP contribution is 2.35. The number of β-amino-alcohol motifs (C(OH)–C–C–N with tert-alkyl or cyclic N) is 1. The summed E-state index contributed by atoms with van der Waals surface area (Å²) in [5.41, 5.74) is 0.878. The van der Waals surface area contributed by atoms with Crippen molar-refractivity contribution in [2.45, 2.75) is 31.2 Å². The van der Waals surface area contributed by atoms with E-state index >= 15 is 0 Å². The number of pyridine rings is 1. The number of carboxylic acid groups (broad SMARTS) is 2. The lowest BCUT2D eigenvalue weighted by molar-refractivity contribution is -0.159. The van der Waals surface area contributed by atoms with Crippen molar-refractivity contribution in [3.63, 3.8) is 0 Å². The number of aliphatic hydroxyl groups is 1. The highest BCUT2D eigenvalue weighted by Gasteiger charge is 2.34. The summed E-state index contributed by atoms with van der Waals surface area (Å²) in [6, 6.07) is 13.0. The largest absolute Gasteiger partial charge is 0.497 e. The van der Waals surface area contributed by atoms with Crippen LogP contribution < -0.4 is 14.8 Å². The van der Waals surface area contributed by atoms with Gasteiger partial charge in [0.15, 0.2) is 0 Å². The summed E-state index contributed by atoms with van der Waals surface area (Å²) < 4.78 is 49.9. The number of rotatable bonds is 9. The minimum Gasteiger partial charge on any atom is -0.497 e. The molecule has 0 spiro atoms. The maximum atomic E-state index is 13.1. The summed E-state index contributed by atoms with van der Waals surface area (Å²) in [6.45, 7) is 2.77. The van der Waals surface area contributed by atoms with Gasteiger partial charge in [-0.3, -0.25) is 4.98 Å². The number of halogens is 3. The van der Waals surface area contributed by atoms with Gasteiger partial charge in [-0.25, -0.2) is 9.59 Å². The van der Waals surface area contributed by atoms with Gasteiger partial charge in [-0.2, -0.15) is 13.2 Å². The number of fused-ring (bicyclic) bond motifs is 1. The lowest BCUT2D eigenvalue weighted by Gasteiger charge is -2.33. The molecule has 4 rings (SSSR count). The van der Waals surface area contributed by atoms with Crippen LogP contribution in [0.4, 0.5) is 13.2 Å². The highest BCUT2D eigenvalue weighted by molar-refractivity contribution is 6.27. The van der Waals surface area contributed by atoms with Gasteiger partial charge in [0.2, 0.25) is 0 Å². The topological polar surface area (TPSA) is 141 Å². The molecule has 1 atom stereocenters. The van der Waals surface area contributed by atoms with Gasteiger partial charge < -0.3 is 35.0 Å². The van der Waals surface area contributed by atoms with E-state index in [-0.39, 0.29) is 18.4 Å². The van der Waals surface area contributed by atoms with Gasteiger partial charge in [0.05, 0.1) is 24.3 Å². The van der Waals surface area contributed by atoms with Gasteiger partial charge in [-0.05, 0) is 67.9 Å². The zero-order valence-electron chi connectivity index (χ0n) is 22.3. The summed E-state index contributed by atoms with van der Waals surface area (Å²) >= 11 is 0. The van der Waals surface area contributed by atoms with Gasteiger partial charge >= 0.3 is 18.1 Å². The molecule has 10 nitrogen and oxygen atoms in total. The maximum absolute atomic E-state index is 13.1. The Hall–Kier alpha value is -3.94. The number of alkyl halides is 3. The number of piperidine rings is 1. The van der Waals surface area contributed by atoms with Crippen LogP contribution in [0.5, 0.6) is 11.5 Å². The first-order valence-corrected chi connectivity index (χ1v) is 12.8. The molecule has 0 bridgehead atoms. The molecule has 2 aromatic carbocycles. The Bertz CT molecular complexity index is 1300. The fourth-order valence-corrected chi connectivity index (χ4v) is 4.48. The minimum atomic E-state index is -4.43. The lowest BCUT2D eigenvalue weighted by Crippen LogP contribution is -2.44. The Morgan fingerprint density at radius 3 is 2.41 bits per heavy atom. The number of aliphatic carboxylic acids is 2. The molecule has 41 heavy (non-hydrogen) atoms. The third kappa shape index (κ3) is 9.30. The smallest absolute Gasteiger partial charge is 0.419 e. The van der Waals surface area contributed by atoms with Crippen LogP contribution in [0.3, 0.4) is 0 Å². The molecule has 1 aliphatic rings. The quantitative estimate of drug-likeness (QED) is 0.220. The molecule has 2 heterocycles. The Labute approximate surface area is 234 Å². The summed E-state index contributed by atoms with van der Waals surface area (Å²) in [5.74, 6) is -3.08. The molecule has 4 N–H and O–H groups in total. The van der Waals surface area contributed by atoms with Gasteiger partial charge in [0.1, 0.15) is 18.1 Å². The van der Waals surface area contributed by atoms with Crippen molar-refractivity contribution < 1.29 is 47.6 Å². The van der Waals surface area contributed by atoms with Crippen LogP contribution >= 0.6 is 0 Å². The molecule has 0 radical (unpaired) electrons. The number of likely N-dealkylation sites (tertiary alicyclic amines) is 1. The third-order valence-corrected chi connectivity index (χ3v) is 6.53. The van der Waals surface area contributed by atoms with E-state index in [1.807, 2.05) is 24.3 Å². The van der Waals surface area contributed by atoms with Crippen LogP contribution in [-0.4, -0.2) is 83.1 Å². The van der Waals surface area contributed by atoms with Crippen molar-refractivity contribution in [3.05, 3.63) is 65.9 Å². The number of ether oxygens (including phenoxy) is 2. The Balaban J connectivity index is 0.000000696. The molecule has 1 saturated heterocycles. The van der Waals surface area contributed by atoms with Crippen molar-refractivity contribution in [1.82, 2.24) is 15.2 Å². The van der Waals surface area contributed by atoms with Gasteiger partial charge in [-0.1, -0.05) is 12.1 Å². The second-order valence-corrected chi connectivity index (χ2v) is 9.28. The number of nitrogens with zero attached hydrogens (tertiary/aromatic N) is 2. The first-order valence-electron chi connectivity index (χ1n) is 12.8. The van der Waals surface area contributed by atoms with Crippen LogP contribution in [-0.2, 0) is 15.8 Å². The monoisotopic (exact) mass is 579 g/mol. The van der Waals surface area contributed by atoms with E-state index in [0.29, 0.717) is 13.1 Å². The van der Waals surface area contributed by atoms with Gasteiger partial charge in [-0.15, -0.1) is 0 Å². The van der Waals surface area contributed by atoms with Crippen molar-refractivity contribution in [1.29, 1.82) is 0 Å². The fraction of sp³-hybridized carbons (Fsp3) is 0.393. The Kier molecular flexibility index (Phi) is 11.3. The SMILES string of the molecule is COc1ccc2nccc([C@@H](O)CN3CCC(NCCOc4ccccc4C(F)(F)F)CC3)c2c1.O=C(O)C(=O)O. The third-order valence-electron chi connectivity index (χ3n) is 6.53. The average Bonchev–Trinajstić information content (AvgIpc) is 2.95. The second kappa shape index (κ2) is 14.6. The van der Waals surface area contributed by atoms with E-state index in [1.165, 1.54) is 18.2 Å². The molecule has 0 aliphatic carbocycles. The number of hydrogen-bond donors (Lipinski definition) is 4. The number of para-hydroxylation sites is 1. The standard InChI is InChI=1S/C26H30F3N3O3.C2H2O4/c1-34-19-6-7-23-21(16-19)20(8-11-31-23)24(33)17-32-13-9-18(10-14-32)30-12-15-35-25-5-3-2-4-22(25)26(27,28)29;3-1(4)2(5)6/h2-8,11,16,18,24,30,33H,9-10,12-15,17H2,1H3;(H,3,4)(H,5,6)/t24-;/m0./s1. The molecule has 1 fully saturated rings. The first kappa shape index (κ1) is 31.6. The van der Waals surface area contributed by atoms with Crippen molar-refractivity contribution in [3.8, 4) is 11.5 Å². The van der Waals surface area contributed by atoms with Crippen molar-refractivity contribution >= 4 is 22.8 Å². The van der Waals surface area contributed by atoms with E-state index in [9.17, 15) is 18.3 Å². The minimum absolute atomic E-state index is 0.146. The van der Waals surface area contributed by atoms with Crippen molar-refractivity contribution in [2.24, 2.45) is 0 Å². The van der Waals surface area contributed by atoms with Crippen LogP contribution in [0.15, 0.2) is 54.7 Å². The van der Waals surface area contributed by atoms with Crippen molar-refractivity contribution in [2.75, 3.05) is 39.9 Å². The molecule has 222 valence electrons. The molecule has 1 aromatic heterocycles. The molecule has 13 heteroatoms. The van der Waals surface area contributed by atoms with Crippen LogP contribution in [0.25, 0.3) is 10.9 Å². The van der Waals surface area contributed by atoms with Crippen LogP contribution in [0.2, 0.25) is 0 Å². The number of hydrogen-bond acceptors (Lipinski definition) is 8. The number of benzene rings is 2. The van der Waals surface area contributed by atoms with E-state index in [1.54, 1.807) is 13.3 Å². The molecular weight excluding hydrogens is 547 g/mol. The molecule has 1 aliphatic heterocycles. The predicted octanol–water partition coefficient (Wildman–Crippen LogP) is 3.58. The Morgan fingerprint density at radius 1 is 1.10 bits per heavy atom. The lowest BCUT2D eigenvalue weighted by atomic mass is 10.0. The number of aromatic nitrogens is 1. The summed E-state index contributed by atoms with van der Waals surface area (Å²) in [4.78, 5) is 24.8. The number of nitrogens with one attached hydrogen (secondary N) is 1. The number of carbonyl (C=O) groups is 2. The number of carboxylic acids is 2. The Morgan fingerprint density at radius 2 is 1.78 bits per heavy atom. The zero-order chi connectivity index (χ0) is 30.0. The fourth-order valence-electron chi connectivity index (χ4n) is 4.48. The van der Waals surface area contributed by atoms with E-state index in [4.69, 9.17) is 29.3 Å². The predicted molar refractivity (Wildman–Crippen MR) is 143 cm³/mol. The maximum Gasteiger partial charge on any atom is 0.419 e. The van der Waals surface area contributed by atoms with E-state index in [2.05, 4.69) is 15.2 Å². The van der Waals surface area contributed by atoms with E-state index in [0.717, 1.165) is 54.2 Å². The summed E-state index contributed by atoms with van der Waals surface area (Å²) in [6.07, 6.45) is -1.61. The van der Waals surface area contributed by atoms with Gasteiger partial charge in [0.25, 0.3) is 0 Å². The molecule has 0 amide bonds.